The average molecular weight is 314 g/mol. The molecule has 0 amide bonds. The second-order valence-corrected chi connectivity index (χ2v) is 4.68. The Morgan fingerprint density at radius 1 is 0.957 bits per heavy atom. The summed E-state index contributed by atoms with van der Waals surface area (Å²) in [7, 11) is 0. The first kappa shape index (κ1) is 15.1. The number of fused-ring (bicyclic) bond motifs is 1. The molecule has 23 heavy (non-hydrogen) atoms. The molecule has 0 saturated heterocycles. The second-order valence-electron chi connectivity index (χ2n) is 4.68. The van der Waals surface area contributed by atoms with Crippen molar-refractivity contribution in [3.8, 4) is 22.8 Å². The summed E-state index contributed by atoms with van der Waals surface area (Å²) in [5.41, 5.74) is 0.694. The lowest BCUT2D eigenvalue weighted by Crippen LogP contribution is -2.06. The van der Waals surface area contributed by atoms with Gasteiger partial charge < -0.3 is 24.1 Å². The van der Waals surface area contributed by atoms with E-state index in [0.29, 0.717) is 5.76 Å². The summed E-state index contributed by atoms with van der Waals surface area (Å²) in [4.78, 5) is 12.4. The smallest absolute Gasteiger partial charge is 0.197 e. The van der Waals surface area contributed by atoms with Crippen LogP contribution < -0.4 is 14.9 Å². The average Bonchev–Trinajstić information content (AvgIpc) is 2.55. The highest BCUT2D eigenvalue weighted by Gasteiger charge is 2.14. The van der Waals surface area contributed by atoms with E-state index in [0.717, 1.165) is 5.56 Å². The van der Waals surface area contributed by atoms with Gasteiger partial charge in [0, 0.05) is 23.8 Å². The molecule has 3 rings (SSSR count). The van der Waals surface area contributed by atoms with E-state index in [1.807, 2.05) is 30.3 Å². The standard InChI is InChI=1S/C17H14O6/c18-9-21-12-6-15(22-10-19)17-13(20)8-14(23-16(17)7-12)11-4-2-1-3-5-11/h1-8,18-19H,9-10H2. The Morgan fingerprint density at radius 3 is 2.39 bits per heavy atom. The largest absolute Gasteiger partial charge is 0.467 e. The van der Waals surface area contributed by atoms with Crippen LogP contribution >= 0.6 is 0 Å². The molecule has 0 atom stereocenters. The molecule has 118 valence electrons. The zero-order chi connectivity index (χ0) is 16.2. The van der Waals surface area contributed by atoms with E-state index in [1.54, 1.807) is 0 Å². The summed E-state index contributed by atoms with van der Waals surface area (Å²) in [5.74, 6) is 0.790. The minimum atomic E-state index is -0.600. The Hall–Kier alpha value is -2.83. The summed E-state index contributed by atoms with van der Waals surface area (Å²) in [6.07, 6.45) is 0. The van der Waals surface area contributed by atoms with Crippen molar-refractivity contribution in [3.05, 3.63) is 58.8 Å². The summed E-state index contributed by atoms with van der Waals surface area (Å²) in [5, 5.41) is 18.1. The van der Waals surface area contributed by atoms with Crippen molar-refractivity contribution in [3.63, 3.8) is 0 Å². The molecule has 3 aromatic rings. The molecule has 0 unspecified atom stereocenters. The van der Waals surface area contributed by atoms with Gasteiger partial charge in [0.15, 0.2) is 19.0 Å². The first-order valence-corrected chi connectivity index (χ1v) is 6.87. The topological polar surface area (TPSA) is 89.1 Å². The van der Waals surface area contributed by atoms with Crippen molar-refractivity contribution in [2.24, 2.45) is 0 Å². The van der Waals surface area contributed by atoms with Crippen molar-refractivity contribution in [1.82, 2.24) is 0 Å². The van der Waals surface area contributed by atoms with Crippen molar-refractivity contribution >= 4 is 11.0 Å². The van der Waals surface area contributed by atoms with Gasteiger partial charge in [-0.15, -0.1) is 0 Å². The maximum atomic E-state index is 12.4. The van der Waals surface area contributed by atoms with Gasteiger partial charge in [0.25, 0.3) is 0 Å². The zero-order valence-electron chi connectivity index (χ0n) is 12.1. The van der Waals surface area contributed by atoms with Crippen LogP contribution in [0, 0.1) is 0 Å². The Kier molecular flexibility index (Phi) is 4.27. The van der Waals surface area contributed by atoms with Crippen LogP contribution in [0.2, 0.25) is 0 Å². The summed E-state index contributed by atoms with van der Waals surface area (Å²) in [6.45, 7) is -1.13. The van der Waals surface area contributed by atoms with Gasteiger partial charge in [0.1, 0.15) is 28.2 Å². The molecular formula is C17H14O6. The van der Waals surface area contributed by atoms with Gasteiger partial charge in [-0.1, -0.05) is 30.3 Å². The molecule has 0 bridgehead atoms. The number of ether oxygens (including phenoxy) is 2. The molecule has 2 aromatic carbocycles. The Labute approximate surface area is 131 Å². The van der Waals surface area contributed by atoms with Gasteiger partial charge in [0.2, 0.25) is 0 Å². The molecular weight excluding hydrogens is 300 g/mol. The van der Waals surface area contributed by atoms with Crippen molar-refractivity contribution < 1.29 is 24.1 Å². The van der Waals surface area contributed by atoms with Gasteiger partial charge in [-0.25, -0.2) is 0 Å². The number of hydrogen-bond donors (Lipinski definition) is 2. The number of aliphatic hydroxyl groups is 2. The minimum absolute atomic E-state index is 0.127. The molecule has 0 aliphatic rings. The Morgan fingerprint density at radius 2 is 1.70 bits per heavy atom. The number of rotatable bonds is 5. The predicted molar refractivity (Wildman–Crippen MR) is 83.3 cm³/mol. The lowest BCUT2D eigenvalue weighted by molar-refractivity contribution is 0.0930. The molecule has 0 aliphatic carbocycles. The molecule has 0 fully saturated rings. The molecule has 0 radical (unpaired) electrons. The molecule has 1 heterocycles. The zero-order valence-corrected chi connectivity index (χ0v) is 12.1. The van der Waals surface area contributed by atoms with E-state index in [-0.39, 0.29) is 27.9 Å². The van der Waals surface area contributed by atoms with Crippen LogP contribution in [0.25, 0.3) is 22.3 Å². The number of aliphatic hydroxyl groups excluding tert-OH is 2. The molecule has 6 heteroatoms. The van der Waals surface area contributed by atoms with Gasteiger partial charge in [-0.3, -0.25) is 4.79 Å². The highest BCUT2D eigenvalue weighted by atomic mass is 16.6. The highest BCUT2D eigenvalue weighted by molar-refractivity contribution is 5.86. The van der Waals surface area contributed by atoms with Gasteiger partial charge in [-0.2, -0.15) is 0 Å². The van der Waals surface area contributed by atoms with Crippen molar-refractivity contribution in [2.75, 3.05) is 13.6 Å². The lowest BCUT2D eigenvalue weighted by Gasteiger charge is -2.10. The van der Waals surface area contributed by atoms with Crippen LogP contribution in [0.4, 0.5) is 0 Å². The van der Waals surface area contributed by atoms with E-state index in [4.69, 9.17) is 24.1 Å². The third kappa shape index (κ3) is 3.03. The predicted octanol–water partition coefficient (Wildman–Crippen LogP) is 2.12. The lowest BCUT2D eigenvalue weighted by atomic mass is 10.1. The third-order valence-electron chi connectivity index (χ3n) is 3.28. The molecule has 6 nitrogen and oxygen atoms in total. The fourth-order valence-corrected chi connectivity index (χ4v) is 2.31. The van der Waals surface area contributed by atoms with E-state index < -0.39 is 13.6 Å². The highest BCUT2D eigenvalue weighted by Crippen LogP contribution is 2.31. The van der Waals surface area contributed by atoms with Crippen LogP contribution in [0.1, 0.15) is 0 Å². The third-order valence-corrected chi connectivity index (χ3v) is 3.28. The Bertz CT molecular complexity index is 869. The van der Waals surface area contributed by atoms with Crippen LogP contribution in [0.15, 0.2) is 57.7 Å². The van der Waals surface area contributed by atoms with Gasteiger partial charge in [0.05, 0.1) is 0 Å². The quantitative estimate of drug-likeness (QED) is 0.701. The minimum Gasteiger partial charge on any atom is -0.467 e. The van der Waals surface area contributed by atoms with E-state index in [2.05, 4.69) is 0 Å². The fourth-order valence-electron chi connectivity index (χ4n) is 2.31. The fraction of sp³-hybridized carbons (Fsp3) is 0.118. The summed E-state index contributed by atoms with van der Waals surface area (Å²) in [6, 6.07) is 13.5. The van der Waals surface area contributed by atoms with E-state index in [9.17, 15) is 4.79 Å². The van der Waals surface area contributed by atoms with Crippen LogP contribution in [-0.4, -0.2) is 23.8 Å². The maximum Gasteiger partial charge on any atom is 0.197 e. The van der Waals surface area contributed by atoms with Gasteiger partial charge in [-0.05, 0) is 0 Å². The van der Waals surface area contributed by atoms with Crippen LogP contribution in [0.5, 0.6) is 11.5 Å². The van der Waals surface area contributed by atoms with Gasteiger partial charge >= 0.3 is 0 Å². The maximum absolute atomic E-state index is 12.4. The second kappa shape index (κ2) is 6.51. The SMILES string of the molecule is O=c1cc(-c2ccccc2)oc2cc(OCO)cc(OCO)c12. The molecule has 0 saturated carbocycles. The monoisotopic (exact) mass is 314 g/mol. The van der Waals surface area contributed by atoms with Crippen molar-refractivity contribution in [2.45, 2.75) is 0 Å². The first-order chi connectivity index (χ1) is 11.2. The normalized spacial score (nSPS) is 10.7. The molecule has 1 aromatic heterocycles. The summed E-state index contributed by atoms with van der Waals surface area (Å²) < 4.78 is 15.9. The molecule has 0 aliphatic heterocycles. The number of hydrogen-bond acceptors (Lipinski definition) is 6. The van der Waals surface area contributed by atoms with E-state index in [1.165, 1.54) is 18.2 Å². The Balaban J connectivity index is 2.24. The van der Waals surface area contributed by atoms with Crippen LogP contribution in [-0.2, 0) is 0 Å². The summed E-state index contributed by atoms with van der Waals surface area (Å²) >= 11 is 0. The van der Waals surface area contributed by atoms with Crippen LogP contribution in [0.3, 0.4) is 0 Å². The molecule has 0 spiro atoms. The number of benzene rings is 2. The van der Waals surface area contributed by atoms with Crippen molar-refractivity contribution in [1.29, 1.82) is 0 Å². The van der Waals surface area contributed by atoms with E-state index >= 15 is 0 Å². The first-order valence-electron chi connectivity index (χ1n) is 6.87. The molecule has 2 N–H and O–H groups in total.